The van der Waals surface area contributed by atoms with Crippen LogP contribution in [0.25, 0.3) is 10.9 Å². The van der Waals surface area contributed by atoms with Crippen molar-refractivity contribution in [2.75, 3.05) is 24.7 Å². The van der Waals surface area contributed by atoms with E-state index in [1.807, 2.05) is 11.8 Å². The lowest BCUT2D eigenvalue weighted by molar-refractivity contribution is -0.129. The van der Waals surface area contributed by atoms with Gasteiger partial charge in [-0.1, -0.05) is 6.92 Å². The van der Waals surface area contributed by atoms with Gasteiger partial charge in [-0.25, -0.2) is 18.4 Å². The van der Waals surface area contributed by atoms with Crippen LogP contribution in [0.2, 0.25) is 0 Å². The molecule has 2 aromatic rings. The lowest BCUT2D eigenvalue weighted by atomic mass is 10.2. The first-order valence-corrected chi connectivity index (χ1v) is 9.76. The number of benzene rings is 1. The van der Waals surface area contributed by atoms with Crippen LogP contribution in [-0.4, -0.2) is 54.6 Å². The third kappa shape index (κ3) is 3.33. The van der Waals surface area contributed by atoms with Gasteiger partial charge in [0.15, 0.2) is 9.84 Å². The number of hydrogen-bond acceptors (Lipinski definition) is 6. The molecule has 8 heteroatoms. The molecule has 7 nitrogen and oxygen atoms in total. The van der Waals surface area contributed by atoms with E-state index in [2.05, 4.69) is 15.3 Å². The van der Waals surface area contributed by atoms with Gasteiger partial charge in [0.25, 0.3) is 0 Å². The van der Waals surface area contributed by atoms with Gasteiger partial charge in [0.05, 0.1) is 10.4 Å². The van der Waals surface area contributed by atoms with Crippen LogP contribution in [0.15, 0.2) is 29.4 Å². The van der Waals surface area contributed by atoms with Gasteiger partial charge in [0.2, 0.25) is 5.91 Å². The second-order valence-corrected chi connectivity index (χ2v) is 8.01. The van der Waals surface area contributed by atoms with Gasteiger partial charge in [0, 0.05) is 37.2 Å². The molecular formula is C16H20N4O3S. The topological polar surface area (TPSA) is 92.3 Å². The Morgan fingerprint density at radius 3 is 2.88 bits per heavy atom. The SMILES string of the molecule is CCC(=O)N1CCC(Nc2ncnc3ccc(S(C)(=O)=O)cc23)C1. The van der Waals surface area contributed by atoms with E-state index in [1.165, 1.54) is 12.6 Å². The Labute approximate surface area is 141 Å². The summed E-state index contributed by atoms with van der Waals surface area (Å²) in [4.78, 5) is 22.3. The lowest BCUT2D eigenvalue weighted by Gasteiger charge is -2.17. The molecule has 0 radical (unpaired) electrons. The fourth-order valence-electron chi connectivity index (χ4n) is 2.90. The zero-order valence-electron chi connectivity index (χ0n) is 13.7. The van der Waals surface area contributed by atoms with Crippen LogP contribution in [0.3, 0.4) is 0 Å². The van der Waals surface area contributed by atoms with Crippen LogP contribution in [0.5, 0.6) is 0 Å². The second kappa shape index (κ2) is 6.35. The van der Waals surface area contributed by atoms with Crippen LogP contribution < -0.4 is 5.32 Å². The summed E-state index contributed by atoms with van der Waals surface area (Å²) in [5.41, 5.74) is 0.680. The molecule has 1 fully saturated rings. The molecule has 3 rings (SSSR count). The number of fused-ring (bicyclic) bond motifs is 1. The first kappa shape index (κ1) is 16.6. The number of anilines is 1. The number of carbonyl (C=O) groups excluding carboxylic acids is 1. The third-order valence-corrected chi connectivity index (χ3v) is 5.33. The molecule has 1 N–H and O–H groups in total. The van der Waals surface area contributed by atoms with Crippen molar-refractivity contribution in [1.82, 2.24) is 14.9 Å². The minimum atomic E-state index is -3.30. The summed E-state index contributed by atoms with van der Waals surface area (Å²) in [5, 5.41) is 4.00. The number of rotatable bonds is 4. The van der Waals surface area contributed by atoms with E-state index in [0.29, 0.717) is 29.7 Å². The molecule has 128 valence electrons. The Hall–Kier alpha value is -2.22. The van der Waals surface area contributed by atoms with Crippen molar-refractivity contribution in [3.8, 4) is 0 Å². The van der Waals surface area contributed by atoms with Crippen LogP contribution in [0.1, 0.15) is 19.8 Å². The minimum Gasteiger partial charge on any atom is -0.365 e. The van der Waals surface area contributed by atoms with Gasteiger partial charge in [-0.2, -0.15) is 0 Å². The lowest BCUT2D eigenvalue weighted by Crippen LogP contribution is -2.31. The molecule has 1 aromatic heterocycles. The maximum Gasteiger partial charge on any atom is 0.222 e. The van der Waals surface area contributed by atoms with E-state index >= 15 is 0 Å². The van der Waals surface area contributed by atoms with E-state index < -0.39 is 9.84 Å². The number of sulfone groups is 1. The predicted octanol–water partition coefficient (Wildman–Crippen LogP) is 1.46. The average Bonchev–Trinajstić information content (AvgIpc) is 3.02. The quantitative estimate of drug-likeness (QED) is 0.899. The Bertz CT molecular complexity index is 882. The molecule has 1 aliphatic rings. The van der Waals surface area contributed by atoms with E-state index in [-0.39, 0.29) is 16.8 Å². The molecule has 1 amide bonds. The molecule has 2 heterocycles. The Morgan fingerprint density at radius 1 is 1.38 bits per heavy atom. The maximum atomic E-state index is 11.8. The molecular weight excluding hydrogens is 328 g/mol. The summed E-state index contributed by atoms with van der Waals surface area (Å²) >= 11 is 0. The highest BCUT2D eigenvalue weighted by Crippen LogP contribution is 2.25. The smallest absolute Gasteiger partial charge is 0.222 e. The first-order chi connectivity index (χ1) is 11.4. The highest BCUT2D eigenvalue weighted by Gasteiger charge is 2.25. The van der Waals surface area contributed by atoms with Crippen molar-refractivity contribution >= 4 is 32.5 Å². The normalized spacial score (nSPS) is 18.1. The standard InChI is InChI=1S/C16H20N4O3S/c1-3-15(21)20-7-6-11(9-20)19-16-13-8-12(24(2,22)23)4-5-14(13)17-10-18-16/h4-5,8,10-11H,3,6-7,9H2,1-2H3,(H,17,18,19). The molecule has 0 aliphatic carbocycles. The predicted molar refractivity (Wildman–Crippen MR) is 91.5 cm³/mol. The number of hydrogen-bond donors (Lipinski definition) is 1. The fraction of sp³-hybridized carbons (Fsp3) is 0.438. The van der Waals surface area contributed by atoms with Crippen molar-refractivity contribution in [1.29, 1.82) is 0 Å². The van der Waals surface area contributed by atoms with Crippen LogP contribution >= 0.6 is 0 Å². The zero-order valence-corrected chi connectivity index (χ0v) is 14.5. The summed E-state index contributed by atoms with van der Waals surface area (Å²) in [6.07, 6.45) is 3.97. The first-order valence-electron chi connectivity index (χ1n) is 7.87. The summed E-state index contributed by atoms with van der Waals surface area (Å²) in [6.45, 7) is 3.21. The van der Waals surface area contributed by atoms with Crippen LogP contribution in [0.4, 0.5) is 5.82 Å². The Balaban J connectivity index is 1.88. The van der Waals surface area contributed by atoms with Gasteiger partial charge in [-0.3, -0.25) is 4.79 Å². The second-order valence-electron chi connectivity index (χ2n) is 6.00. The molecule has 1 saturated heterocycles. The third-order valence-electron chi connectivity index (χ3n) is 4.22. The van der Waals surface area contributed by atoms with Crippen molar-refractivity contribution in [3.05, 3.63) is 24.5 Å². The van der Waals surface area contributed by atoms with Gasteiger partial charge in [-0.15, -0.1) is 0 Å². The zero-order chi connectivity index (χ0) is 17.3. The number of nitrogens with zero attached hydrogens (tertiary/aromatic N) is 3. The molecule has 24 heavy (non-hydrogen) atoms. The molecule has 1 aromatic carbocycles. The summed E-state index contributed by atoms with van der Waals surface area (Å²) < 4.78 is 23.6. The van der Waals surface area contributed by atoms with Crippen LogP contribution in [0, 0.1) is 0 Å². The fourth-order valence-corrected chi connectivity index (χ4v) is 3.55. The molecule has 0 spiro atoms. The van der Waals surface area contributed by atoms with Gasteiger partial charge in [-0.05, 0) is 24.6 Å². The molecule has 1 unspecified atom stereocenters. The molecule has 1 atom stereocenters. The number of likely N-dealkylation sites (tertiary alicyclic amines) is 1. The summed E-state index contributed by atoms with van der Waals surface area (Å²) in [5.74, 6) is 0.743. The highest BCUT2D eigenvalue weighted by atomic mass is 32.2. The van der Waals surface area contributed by atoms with E-state index in [1.54, 1.807) is 18.2 Å². The van der Waals surface area contributed by atoms with Crippen molar-refractivity contribution < 1.29 is 13.2 Å². The number of carbonyl (C=O) groups is 1. The highest BCUT2D eigenvalue weighted by molar-refractivity contribution is 7.90. The van der Waals surface area contributed by atoms with E-state index in [4.69, 9.17) is 0 Å². The average molecular weight is 348 g/mol. The molecule has 0 bridgehead atoms. The van der Waals surface area contributed by atoms with Crippen LogP contribution in [-0.2, 0) is 14.6 Å². The van der Waals surface area contributed by atoms with Crippen molar-refractivity contribution in [2.45, 2.75) is 30.7 Å². The monoisotopic (exact) mass is 348 g/mol. The van der Waals surface area contributed by atoms with Crippen molar-refractivity contribution in [2.24, 2.45) is 0 Å². The summed E-state index contributed by atoms with van der Waals surface area (Å²) in [6, 6.07) is 4.92. The molecule has 1 aliphatic heterocycles. The Kier molecular flexibility index (Phi) is 4.40. The minimum absolute atomic E-state index is 0.0977. The largest absolute Gasteiger partial charge is 0.365 e. The van der Waals surface area contributed by atoms with Gasteiger partial charge >= 0.3 is 0 Å². The number of aromatic nitrogens is 2. The summed E-state index contributed by atoms with van der Waals surface area (Å²) in [7, 11) is -3.30. The van der Waals surface area contributed by atoms with E-state index in [9.17, 15) is 13.2 Å². The number of amides is 1. The number of nitrogens with one attached hydrogen (secondary N) is 1. The van der Waals surface area contributed by atoms with Crippen molar-refractivity contribution in [3.63, 3.8) is 0 Å². The Morgan fingerprint density at radius 2 is 2.17 bits per heavy atom. The molecule has 0 saturated carbocycles. The van der Waals surface area contributed by atoms with E-state index in [0.717, 1.165) is 13.0 Å². The van der Waals surface area contributed by atoms with Gasteiger partial charge in [0.1, 0.15) is 12.1 Å². The maximum absolute atomic E-state index is 11.8. The van der Waals surface area contributed by atoms with Gasteiger partial charge < -0.3 is 10.2 Å².